The number of amidine groups is 1. The fourth-order valence-corrected chi connectivity index (χ4v) is 2.04. The van der Waals surface area contributed by atoms with E-state index in [0.29, 0.717) is 0 Å². The van der Waals surface area contributed by atoms with Crippen molar-refractivity contribution in [3.05, 3.63) is 42.1 Å². The monoisotopic (exact) mass is 211 g/mol. The summed E-state index contributed by atoms with van der Waals surface area (Å²) in [4.78, 5) is 11.1. The highest BCUT2D eigenvalue weighted by molar-refractivity contribution is 6.01. The van der Waals surface area contributed by atoms with Gasteiger partial charge in [0.15, 0.2) is 0 Å². The molecule has 0 atom stereocenters. The van der Waals surface area contributed by atoms with E-state index >= 15 is 0 Å². The average molecular weight is 211 g/mol. The minimum atomic E-state index is 0.888. The topological polar surface area (TPSA) is 28.5 Å². The Kier molecular flexibility index (Phi) is 2.10. The first-order valence-electron chi connectivity index (χ1n) is 5.45. The van der Waals surface area contributed by atoms with E-state index in [2.05, 4.69) is 34.1 Å². The van der Waals surface area contributed by atoms with Gasteiger partial charge in [0.1, 0.15) is 5.84 Å². The van der Waals surface area contributed by atoms with Gasteiger partial charge in [0.2, 0.25) is 0 Å². The van der Waals surface area contributed by atoms with Crippen LogP contribution in [0, 0.1) is 0 Å². The first-order valence-corrected chi connectivity index (χ1v) is 5.45. The fourth-order valence-electron chi connectivity index (χ4n) is 2.04. The molecule has 1 aliphatic heterocycles. The highest BCUT2D eigenvalue weighted by Crippen LogP contribution is 2.15. The number of aromatic nitrogens is 1. The summed E-state index contributed by atoms with van der Waals surface area (Å²) in [5.41, 5.74) is 2.14. The van der Waals surface area contributed by atoms with Crippen molar-refractivity contribution in [2.24, 2.45) is 4.99 Å². The van der Waals surface area contributed by atoms with E-state index in [4.69, 9.17) is 0 Å². The van der Waals surface area contributed by atoms with Crippen molar-refractivity contribution in [3.8, 4) is 0 Å². The van der Waals surface area contributed by atoms with Gasteiger partial charge in [-0.2, -0.15) is 0 Å². The number of hydrogen-bond donors (Lipinski definition) is 0. The van der Waals surface area contributed by atoms with Crippen LogP contribution in [0.4, 0.5) is 0 Å². The normalized spacial score (nSPS) is 15.6. The number of hydrogen-bond acceptors (Lipinski definition) is 3. The van der Waals surface area contributed by atoms with E-state index in [1.165, 1.54) is 5.39 Å². The summed E-state index contributed by atoms with van der Waals surface area (Å²) in [7, 11) is 2.07. The van der Waals surface area contributed by atoms with Crippen LogP contribution in [0.15, 0.2) is 41.5 Å². The van der Waals surface area contributed by atoms with Crippen molar-refractivity contribution >= 4 is 16.7 Å². The van der Waals surface area contributed by atoms with E-state index in [0.717, 1.165) is 30.0 Å². The molecule has 0 saturated carbocycles. The molecule has 0 amide bonds. The lowest BCUT2D eigenvalue weighted by Gasteiger charge is -2.13. The molecule has 0 N–H and O–H groups in total. The van der Waals surface area contributed by atoms with Gasteiger partial charge in [-0.1, -0.05) is 18.2 Å². The van der Waals surface area contributed by atoms with E-state index in [9.17, 15) is 0 Å². The van der Waals surface area contributed by atoms with Crippen LogP contribution in [-0.2, 0) is 0 Å². The first-order chi connectivity index (χ1) is 7.84. The third kappa shape index (κ3) is 1.45. The number of likely N-dealkylation sites (N-methyl/N-ethyl adjacent to an activating group) is 1. The van der Waals surface area contributed by atoms with Crippen LogP contribution in [0.3, 0.4) is 0 Å². The maximum Gasteiger partial charge on any atom is 0.132 e. The number of fused-ring (bicyclic) bond motifs is 1. The maximum atomic E-state index is 4.50. The largest absolute Gasteiger partial charge is 0.358 e. The Balaban J connectivity index is 2.12. The van der Waals surface area contributed by atoms with Gasteiger partial charge in [-0.25, -0.2) is 0 Å². The van der Waals surface area contributed by atoms with Crippen molar-refractivity contribution < 1.29 is 0 Å². The molecule has 3 nitrogen and oxygen atoms in total. The first kappa shape index (κ1) is 9.33. The van der Waals surface area contributed by atoms with Crippen molar-refractivity contribution in [3.63, 3.8) is 0 Å². The number of pyridine rings is 1. The number of aliphatic imine (C=N–C) groups is 1. The summed E-state index contributed by atoms with van der Waals surface area (Å²) in [6.45, 7) is 1.89. The smallest absolute Gasteiger partial charge is 0.132 e. The summed E-state index contributed by atoms with van der Waals surface area (Å²) in [5, 5.41) is 1.17. The molecule has 80 valence electrons. The fraction of sp³-hybridized carbons (Fsp3) is 0.231. The number of para-hydroxylation sites is 1. The summed E-state index contributed by atoms with van der Waals surface area (Å²) >= 11 is 0. The van der Waals surface area contributed by atoms with Crippen LogP contribution in [0.5, 0.6) is 0 Å². The molecule has 0 fully saturated rings. The minimum Gasteiger partial charge on any atom is -0.358 e. The van der Waals surface area contributed by atoms with E-state index in [1.54, 1.807) is 0 Å². The molecule has 0 unspecified atom stereocenters. The maximum absolute atomic E-state index is 4.50. The molecule has 0 bridgehead atoms. The molecule has 0 radical (unpaired) electrons. The van der Waals surface area contributed by atoms with E-state index in [-0.39, 0.29) is 0 Å². The zero-order valence-electron chi connectivity index (χ0n) is 9.22. The summed E-state index contributed by atoms with van der Waals surface area (Å²) < 4.78 is 0. The summed E-state index contributed by atoms with van der Waals surface area (Å²) in [5.74, 6) is 1.05. The number of nitrogens with zero attached hydrogens (tertiary/aromatic N) is 3. The van der Waals surface area contributed by atoms with Crippen LogP contribution in [0.25, 0.3) is 10.9 Å². The molecule has 16 heavy (non-hydrogen) atoms. The molecule has 0 aliphatic carbocycles. The van der Waals surface area contributed by atoms with E-state index < -0.39 is 0 Å². The van der Waals surface area contributed by atoms with Gasteiger partial charge in [0.25, 0.3) is 0 Å². The second-order valence-corrected chi connectivity index (χ2v) is 4.04. The van der Waals surface area contributed by atoms with Gasteiger partial charge in [-0.15, -0.1) is 0 Å². The Bertz CT molecular complexity index is 560. The predicted molar refractivity (Wildman–Crippen MR) is 65.8 cm³/mol. The third-order valence-corrected chi connectivity index (χ3v) is 2.91. The van der Waals surface area contributed by atoms with Gasteiger partial charge in [0, 0.05) is 30.7 Å². The molecule has 0 spiro atoms. The van der Waals surface area contributed by atoms with Gasteiger partial charge in [-0.3, -0.25) is 9.98 Å². The average Bonchev–Trinajstić information content (AvgIpc) is 2.75. The zero-order chi connectivity index (χ0) is 11.0. The van der Waals surface area contributed by atoms with Crippen LogP contribution < -0.4 is 0 Å². The lowest BCUT2D eigenvalue weighted by molar-refractivity contribution is 0.556. The third-order valence-electron chi connectivity index (χ3n) is 2.91. The molecule has 3 heteroatoms. The van der Waals surface area contributed by atoms with Crippen molar-refractivity contribution in [1.82, 2.24) is 9.88 Å². The molecule has 3 rings (SSSR count). The SMILES string of the molecule is CN1CCN=C1c1cnc2ccccc2c1. The van der Waals surface area contributed by atoms with Crippen LogP contribution in [-0.4, -0.2) is 35.9 Å². The second-order valence-electron chi connectivity index (χ2n) is 4.04. The summed E-state index contributed by atoms with van der Waals surface area (Å²) in [6.07, 6.45) is 1.91. The van der Waals surface area contributed by atoms with Crippen LogP contribution in [0.1, 0.15) is 5.56 Å². The number of rotatable bonds is 1. The van der Waals surface area contributed by atoms with Gasteiger partial charge in [-0.05, 0) is 12.1 Å². The predicted octanol–water partition coefficient (Wildman–Crippen LogP) is 1.93. The van der Waals surface area contributed by atoms with Crippen molar-refractivity contribution in [2.75, 3.05) is 20.1 Å². The molecule has 1 aliphatic rings. The second kappa shape index (κ2) is 3.59. The zero-order valence-corrected chi connectivity index (χ0v) is 9.22. The summed E-state index contributed by atoms with van der Waals surface area (Å²) in [6, 6.07) is 10.3. The molecule has 1 aromatic carbocycles. The van der Waals surface area contributed by atoms with Crippen molar-refractivity contribution in [1.29, 1.82) is 0 Å². The standard InChI is InChI=1S/C13H13N3/c1-16-7-6-14-13(16)11-8-10-4-2-3-5-12(10)15-9-11/h2-5,8-9H,6-7H2,1H3. The Labute approximate surface area is 94.4 Å². The van der Waals surface area contributed by atoms with Crippen molar-refractivity contribution in [2.45, 2.75) is 0 Å². The highest BCUT2D eigenvalue weighted by Gasteiger charge is 2.14. The quantitative estimate of drug-likeness (QED) is 0.721. The highest BCUT2D eigenvalue weighted by atomic mass is 15.2. The number of benzene rings is 1. The van der Waals surface area contributed by atoms with Crippen LogP contribution >= 0.6 is 0 Å². The van der Waals surface area contributed by atoms with Crippen LogP contribution in [0.2, 0.25) is 0 Å². The van der Waals surface area contributed by atoms with E-state index in [1.807, 2.05) is 24.4 Å². The van der Waals surface area contributed by atoms with Gasteiger partial charge >= 0.3 is 0 Å². The Morgan fingerprint density at radius 2 is 2.12 bits per heavy atom. The molecule has 2 aromatic rings. The van der Waals surface area contributed by atoms with Gasteiger partial charge in [0.05, 0.1) is 12.1 Å². The molecule has 1 aromatic heterocycles. The Hall–Kier alpha value is -1.90. The molecular weight excluding hydrogens is 198 g/mol. The molecule has 0 saturated heterocycles. The molecule has 2 heterocycles. The van der Waals surface area contributed by atoms with Gasteiger partial charge < -0.3 is 4.90 Å². The minimum absolute atomic E-state index is 0.888. The Morgan fingerprint density at radius 1 is 1.25 bits per heavy atom. The lowest BCUT2D eigenvalue weighted by Crippen LogP contribution is -2.23. The lowest BCUT2D eigenvalue weighted by atomic mass is 10.1. The molecular formula is C13H13N3. The Morgan fingerprint density at radius 3 is 2.94 bits per heavy atom.